The van der Waals surface area contributed by atoms with Crippen molar-refractivity contribution in [3.8, 4) is 22.0 Å². The number of rotatable bonds is 8. The normalized spacial score (nSPS) is 16.1. The number of aromatic amines is 1. The van der Waals surface area contributed by atoms with E-state index in [2.05, 4.69) is 52.3 Å². The molecule has 2 aliphatic rings. The molecule has 0 spiro atoms. The summed E-state index contributed by atoms with van der Waals surface area (Å²) in [5.41, 5.74) is 9.35. The molecule has 0 bridgehead atoms. The van der Waals surface area contributed by atoms with Gasteiger partial charge in [-0.15, -0.1) is 11.3 Å². The number of aromatic nitrogens is 4. The number of carboxylic acid groups (broad SMARTS) is 1. The van der Waals surface area contributed by atoms with E-state index in [1.807, 2.05) is 26.0 Å². The highest BCUT2D eigenvalue weighted by molar-refractivity contribution is 7.15. The van der Waals surface area contributed by atoms with Crippen LogP contribution in [0, 0.1) is 20.8 Å². The van der Waals surface area contributed by atoms with Crippen molar-refractivity contribution in [2.75, 3.05) is 19.6 Å². The molecule has 0 amide bonds. The van der Waals surface area contributed by atoms with Crippen LogP contribution >= 0.6 is 11.3 Å². The summed E-state index contributed by atoms with van der Waals surface area (Å²) in [6.07, 6.45) is 12.7. The summed E-state index contributed by atoms with van der Waals surface area (Å²) in [6.45, 7) is 15.6. The fraction of sp³-hybridized carbons (Fsp3) is 0.513. The average Bonchev–Trinajstić information content (AvgIpc) is 3.75. The topological polar surface area (TPSA) is 87.0 Å². The van der Waals surface area contributed by atoms with Crippen LogP contribution in [0.5, 0.6) is 0 Å². The lowest BCUT2D eigenvalue weighted by Crippen LogP contribution is -2.30. The number of likely N-dealkylation sites (tertiary alicyclic amines) is 1. The van der Waals surface area contributed by atoms with Crippen molar-refractivity contribution in [2.45, 2.75) is 111 Å². The number of nitrogens with zero attached hydrogens (tertiary/aromatic N) is 4. The van der Waals surface area contributed by atoms with Crippen LogP contribution in [0.1, 0.15) is 116 Å². The maximum absolute atomic E-state index is 11.9. The third-order valence-electron chi connectivity index (χ3n) is 10.1. The van der Waals surface area contributed by atoms with Gasteiger partial charge in [-0.25, -0.2) is 14.8 Å². The number of hydrogen-bond donors (Lipinski definition) is 2. The van der Waals surface area contributed by atoms with Crippen LogP contribution in [0.25, 0.3) is 43.9 Å². The average molecular weight is 654 g/mol. The summed E-state index contributed by atoms with van der Waals surface area (Å²) in [5.74, 6) is 0.464. The van der Waals surface area contributed by atoms with E-state index < -0.39 is 5.97 Å². The molecule has 1 aliphatic heterocycles. The van der Waals surface area contributed by atoms with Gasteiger partial charge in [0.1, 0.15) is 0 Å². The Morgan fingerprint density at radius 3 is 2.32 bits per heavy atom. The van der Waals surface area contributed by atoms with Crippen LogP contribution in [-0.2, 0) is 6.54 Å². The van der Waals surface area contributed by atoms with Gasteiger partial charge in [0.15, 0.2) is 5.82 Å². The number of fused-ring (bicyclic) bond motifs is 2. The SMILES string of the molecule is CCCN1CCCCC1.CCCn1c(-c2ccc3[nH]c(-c4sc(C)nc4C)nc3c2C)c(C2CCCCC2)c2ccc(C(=O)O)cc21. The summed E-state index contributed by atoms with van der Waals surface area (Å²) in [7, 11) is 0. The van der Waals surface area contributed by atoms with Gasteiger partial charge in [-0.05, 0) is 114 Å². The van der Waals surface area contributed by atoms with E-state index in [4.69, 9.17) is 4.98 Å². The van der Waals surface area contributed by atoms with E-state index >= 15 is 0 Å². The van der Waals surface area contributed by atoms with Crippen LogP contribution in [0.2, 0.25) is 0 Å². The Hall–Kier alpha value is -3.49. The summed E-state index contributed by atoms with van der Waals surface area (Å²) in [4.78, 5) is 28.8. The number of nitrogens with one attached hydrogen (secondary N) is 1. The Bertz CT molecular complexity index is 1850. The minimum Gasteiger partial charge on any atom is -0.478 e. The molecule has 4 heterocycles. The third kappa shape index (κ3) is 6.91. The van der Waals surface area contributed by atoms with Gasteiger partial charge in [-0.1, -0.05) is 51.7 Å². The number of thiazole rings is 1. The second kappa shape index (κ2) is 14.7. The van der Waals surface area contributed by atoms with Crippen molar-refractivity contribution in [1.29, 1.82) is 0 Å². The second-order valence-electron chi connectivity index (χ2n) is 13.6. The lowest BCUT2D eigenvalue weighted by atomic mass is 9.81. The Balaban J connectivity index is 0.000000373. The van der Waals surface area contributed by atoms with Crippen molar-refractivity contribution in [1.82, 2.24) is 24.4 Å². The maximum Gasteiger partial charge on any atom is 0.335 e. The highest BCUT2D eigenvalue weighted by Gasteiger charge is 2.28. The summed E-state index contributed by atoms with van der Waals surface area (Å²) in [6, 6.07) is 10.1. The largest absolute Gasteiger partial charge is 0.478 e. The Morgan fingerprint density at radius 2 is 1.66 bits per heavy atom. The van der Waals surface area contributed by atoms with E-state index in [1.54, 1.807) is 17.4 Å². The predicted molar refractivity (Wildman–Crippen MR) is 196 cm³/mol. The summed E-state index contributed by atoms with van der Waals surface area (Å²) >= 11 is 1.67. The quantitative estimate of drug-likeness (QED) is 0.174. The monoisotopic (exact) mass is 653 g/mol. The molecule has 2 fully saturated rings. The Labute approximate surface area is 283 Å². The molecule has 47 heavy (non-hydrogen) atoms. The van der Waals surface area contributed by atoms with Crippen molar-refractivity contribution in [3.05, 3.63) is 57.7 Å². The molecule has 0 atom stereocenters. The summed E-state index contributed by atoms with van der Waals surface area (Å²) < 4.78 is 2.38. The van der Waals surface area contributed by atoms with Crippen molar-refractivity contribution in [2.24, 2.45) is 0 Å². The number of benzene rings is 2. The van der Waals surface area contributed by atoms with Gasteiger partial charge in [0.25, 0.3) is 0 Å². The molecular formula is C39H51N5O2S. The fourth-order valence-electron chi connectivity index (χ4n) is 7.89. The molecule has 5 aromatic rings. The van der Waals surface area contributed by atoms with Crippen LogP contribution in [0.15, 0.2) is 30.3 Å². The van der Waals surface area contributed by atoms with E-state index in [0.717, 1.165) is 56.5 Å². The van der Waals surface area contributed by atoms with Gasteiger partial charge in [-0.3, -0.25) is 0 Å². The van der Waals surface area contributed by atoms with Gasteiger partial charge in [0, 0.05) is 23.0 Å². The molecule has 0 unspecified atom stereocenters. The number of piperidine rings is 1. The lowest BCUT2D eigenvalue weighted by Gasteiger charge is -2.25. The molecule has 3 aromatic heterocycles. The number of imidazole rings is 1. The first kappa shape index (κ1) is 33.4. The number of carbonyl (C=O) groups is 1. The molecule has 0 radical (unpaired) electrons. The third-order valence-corrected chi connectivity index (χ3v) is 11.2. The zero-order valence-corrected chi connectivity index (χ0v) is 29.7. The molecule has 1 aliphatic carbocycles. The predicted octanol–water partition coefficient (Wildman–Crippen LogP) is 10.3. The first-order chi connectivity index (χ1) is 22.8. The maximum atomic E-state index is 11.9. The van der Waals surface area contributed by atoms with Crippen molar-refractivity contribution >= 4 is 39.2 Å². The molecule has 7 nitrogen and oxygen atoms in total. The van der Waals surface area contributed by atoms with Crippen molar-refractivity contribution < 1.29 is 9.90 Å². The number of aromatic carboxylic acids is 1. The number of aryl methyl sites for hydroxylation is 4. The molecule has 1 saturated carbocycles. The zero-order valence-electron chi connectivity index (χ0n) is 28.9. The Kier molecular flexibility index (Phi) is 10.5. The summed E-state index contributed by atoms with van der Waals surface area (Å²) in [5, 5.41) is 12.0. The number of carboxylic acids is 1. The highest BCUT2D eigenvalue weighted by Crippen LogP contribution is 2.46. The number of H-pyrrole nitrogens is 1. The Morgan fingerprint density at radius 1 is 0.936 bits per heavy atom. The van der Waals surface area contributed by atoms with Gasteiger partial charge >= 0.3 is 5.97 Å². The molecule has 1 saturated heterocycles. The molecular weight excluding hydrogens is 603 g/mol. The molecule has 250 valence electrons. The van der Waals surface area contributed by atoms with E-state index in [9.17, 15) is 9.90 Å². The van der Waals surface area contributed by atoms with Crippen molar-refractivity contribution in [3.63, 3.8) is 0 Å². The first-order valence-corrected chi connectivity index (χ1v) is 18.7. The molecule has 8 heteroatoms. The van der Waals surface area contributed by atoms with Gasteiger partial charge in [0.05, 0.1) is 37.9 Å². The van der Waals surface area contributed by atoms with Crippen LogP contribution in [0.4, 0.5) is 0 Å². The van der Waals surface area contributed by atoms with Gasteiger partial charge in [-0.2, -0.15) is 0 Å². The van der Waals surface area contributed by atoms with Crippen LogP contribution < -0.4 is 0 Å². The lowest BCUT2D eigenvalue weighted by molar-refractivity contribution is 0.0697. The van der Waals surface area contributed by atoms with Gasteiger partial charge < -0.3 is 19.6 Å². The van der Waals surface area contributed by atoms with E-state index in [-0.39, 0.29) is 0 Å². The first-order valence-electron chi connectivity index (χ1n) is 17.9. The molecule has 7 rings (SSSR count). The van der Waals surface area contributed by atoms with E-state index in [0.29, 0.717) is 11.5 Å². The highest BCUT2D eigenvalue weighted by atomic mass is 32.1. The minimum atomic E-state index is -0.882. The molecule has 2 N–H and O–H groups in total. The minimum absolute atomic E-state index is 0.341. The van der Waals surface area contributed by atoms with E-state index in [1.165, 1.54) is 99.6 Å². The standard InChI is InChI=1S/C31H34N4O2S.C8H17N/c1-5-15-35-25-16-21(31(36)37)11-12-23(25)26(20-9-7-6-8-10-20)28(35)22-13-14-24-27(17(22)2)34-30(33-24)29-18(3)32-19(4)38-29;1-2-6-9-7-4-3-5-8-9/h11-14,16,20H,5-10,15H2,1-4H3,(H,33,34)(H,36,37);2-8H2,1H3. The molecule has 2 aromatic carbocycles. The van der Waals surface area contributed by atoms with Crippen LogP contribution in [0.3, 0.4) is 0 Å². The second-order valence-corrected chi connectivity index (χ2v) is 14.8. The fourth-order valence-corrected chi connectivity index (χ4v) is 8.75. The zero-order chi connectivity index (χ0) is 33.1. The smallest absolute Gasteiger partial charge is 0.335 e. The van der Waals surface area contributed by atoms with Gasteiger partial charge in [0.2, 0.25) is 0 Å². The van der Waals surface area contributed by atoms with Crippen LogP contribution in [-0.4, -0.2) is 55.1 Å². The number of hydrogen-bond acceptors (Lipinski definition) is 5.